The maximum atomic E-state index is 11.0. The van der Waals surface area contributed by atoms with Crippen LogP contribution in [0.5, 0.6) is 0 Å². The lowest BCUT2D eigenvalue weighted by Gasteiger charge is -1.98. The van der Waals surface area contributed by atoms with Crippen LogP contribution in [0.4, 0.5) is 0 Å². The predicted molar refractivity (Wildman–Crippen MR) is 42.0 cm³/mol. The number of amides is 1. The van der Waals surface area contributed by atoms with Crippen LogP contribution in [0.1, 0.15) is 10.6 Å². The number of hydrogen-bond acceptors (Lipinski definition) is 4. The third kappa shape index (κ3) is 2.86. The van der Waals surface area contributed by atoms with E-state index in [2.05, 4.69) is 15.3 Å². The minimum Gasteiger partial charge on any atom is -0.480 e. The monoisotopic (exact) mass is 181 g/mol. The zero-order valence-electron chi connectivity index (χ0n) is 6.60. The van der Waals surface area contributed by atoms with Crippen LogP contribution in [0.2, 0.25) is 0 Å². The van der Waals surface area contributed by atoms with Gasteiger partial charge in [0.25, 0.3) is 5.91 Å². The maximum Gasteiger partial charge on any atom is 0.322 e. The highest BCUT2D eigenvalue weighted by molar-refractivity contribution is 5.92. The Bertz CT molecular complexity index is 312. The summed E-state index contributed by atoms with van der Waals surface area (Å²) in [6, 6.07) is 1.56. The molecule has 1 aromatic heterocycles. The number of aromatic nitrogens is 2. The molecule has 6 nitrogen and oxygen atoms in total. The summed E-state index contributed by atoms with van der Waals surface area (Å²) in [4.78, 5) is 28.4. The fourth-order valence-electron chi connectivity index (χ4n) is 0.651. The van der Waals surface area contributed by atoms with Gasteiger partial charge in [-0.3, -0.25) is 9.59 Å². The molecule has 0 fully saturated rings. The molecule has 1 amide bonds. The van der Waals surface area contributed by atoms with Crippen molar-refractivity contribution >= 4 is 11.9 Å². The van der Waals surface area contributed by atoms with Gasteiger partial charge in [-0.05, 0) is 6.07 Å². The number of rotatable bonds is 3. The van der Waals surface area contributed by atoms with E-state index in [4.69, 9.17) is 5.11 Å². The Morgan fingerprint density at radius 1 is 1.38 bits per heavy atom. The van der Waals surface area contributed by atoms with Crippen LogP contribution in [0.25, 0.3) is 0 Å². The number of aliphatic carboxylic acids is 1. The Kier molecular flexibility index (Phi) is 2.91. The molecule has 0 saturated carbocycles. The van der Waals surface area contributed by atoms with Crippen LogP contribution in [0.3, 0.4) is 0 Å². The van der Waals surface area contributed by atoms with Crippen LogP contribution < -0.4 is 5.32 Å². The average molecular weight is 181 g/mol. The molecule has 0 aliphatic heterocycles. The van der Waals surface area contributed by atoms with Crippen molar-refractivity contribution in [2.75, 3.05) is 6.54 Å². The molecule has 6 heteroatoms. The predicted octanol–water partition coefficient (Wildman–Crippen LogP) is -0.709. The van der Waals surface area contributed by atoms with Crippen molar-refractivity contribution in [3.8, 4) is 0 Å². The topological polar surface area (TPSA) is 92.2 Å². The van der Waals surface area contributed by atoms with Crippen LogP contribution in [0.15, 0.2) is 18.5 Å². The van der Waals surface area contributed by atoms with Gasteiger partial charge in [-0.15, -0.1) is 0 Å². The van der Waals surface area contributed by atoms with Gasteiger partial charge < -0.3 is 10.4 Å². The van der Waals surface area contributed by atoms with Gasteiger partial charge in [0.15, 0.2) is 0 Å². The normalized spacial score (nSPS) is 9.23. The molecule has 0 aromatic carbocycles. The smallest absolute Gasteiger partial charge is 0.322 e. The summed E-state index contributed by atoms with van der Waals surface area (Å²) in [5.41, 5.74) is 0. The van der Waals surface area contributed by atoms with Crippen molar-refractivity contribution in [2.45, 2.75) is 0 Å². The zero-order chi connectivity index (χ0) is 9.68. The molecule has 0 bridgehead atoms. The second-order valence-electron chi connectivity index (χ2n) is 2.15. The lowest BCUT2D eigenvalue weighted by molar-refractivity contribution is -0.135. The molecule has 0 unspecified atom stereocenters. The number of carbonyl (C=O) groups is 2. The SMILES string of the molecule is O=C(O)CNC(=O)c1ncccn1. The Labute approximate surface area is 73.6 Å². The Morgan fingerprint density at radius 2 is 2.00 bits per heavy atom. The quantitative estimate of drug-likeness (QED) is 0.642. The largest absolute Gasteiger partial charge is 0.480 e. The highest BCUT2D eigenvalue weighted by atomic mass is 16.4. The van der Waals surface area contributed by atoms with E-state index < -0.39 is 18.4 Å². The third-order valence-electron chi connectivity index (χ3n) is 1.17. The van der Waals surface area contributed by atoms with Gasteiger partial charge in [-0.1, -0.05) is 0 Å². The Balaban J connectivity index is 2.54. The maximum absolute atomic E-state index is 11.0. The molecule has 0 radical (unpaired) electrons. The molecule has 0 atom stereocenters. The Hall–Kier alpha value is -1.98. The van der Waals surface area contributed by atoms with Gasteiger partial charge >= 0.3 is 5.97 Å². The standard InChI is InChI=1S/C7H7N3O3/c11-5(12)4-10-7(13)6-8-2-1-3-9-6/h1-3H,4H2,(H,10,13)(H,11,12). The molecule has 1 aromatic rings. The summed E-state index contributed by atoms with van der Waals surface area (Å²) in [5.74, 6) is -1.74. The highest BCUT2D eigenvalue weighted by Crippen LogP contribution is 1.85. The van der Waals surface area contributed by atoms with Crippen molar-refractivity contribution in [2.24, 2.45) is 0 Å². The number of carboxylic acid groups (broad SMARTS) is 1. The first-order valence-electron chi connectivity index (χ1n) is 3.47. The molecular weight excluding hydrogens is 174 g/mol. The van der Waals surface area contributed by atoms with Crippen LogP contribution in [-0.4, -0.2) is 33.5 Å². The van der Waals surface area contributed by atoms with E-state index in [1.165, 1.54) is 12.4 Å². The van der Waals surface area contributed by atoms with E-state index in [0.29, 0.717) is 0 Å². The van der Waals surface area contributed by atoms with Crippen molar-refractivity contribution in [3.05, 3.63) is 24.3 Å². The first-order chi connectivity index (χ1) is 6.20. The molecule has 0 aliphatic carbocycles. The minimum atomic E-state index is -1.11. The van der Waals surface area contributed by atoms with Gasteiger partial charge in [-0.25, -0.2) is 9.97 Å². The molecule has 1 rings (SSSR count). The van der Waals surface area contributed by atoms with Gasteiger partial charge in [-0.2, -0.15) is 0 Å². The lowest BCUT2D eigenvalue weighted by atomic mass is 10.5. The number of carbonyl (C=O) groups excluding carboxylic acids is 1. The van der Waals surface area contributed by atoms with Crippen LogP contribution in [-0.2, 0) is 4.79 Å². The number of carboxylic acids is 1. The Morgan fingerprint density at radius 3 is 2.54 bits per heavy atom. The second kappa shape index (κ2) is 4.15. The van der Waals surface area contributed by atoms with Crippen molar-refractivity contribution in [1.29, 1.82) is 0 Å². The van der Waals surface area contributed by atoms with Crippen molar-refractivity contribution < 1.29 is 14.7 Å². The van der Waals surface area contributed by atoms with Gasteiger partial charge in [0.05, 0.1) is 0 Å². The van der Waals surface area contributed by atoms with E-state index >= 15 is 0 Å². The molecule has 1 heterocycles. The summed E-state index contributed by atoms with van der Waals surface area (Å²) in [5, 5.41) is 10.4. The summed E-state index contributed by atoms with van der Waals surface area (Å²) in [7, 11) is 0. The zero-order valence-corrected chi connectivity index (χ0v) is 6.60. The molecule has 13 heavy (non-hydrogen) atoms. The fraction of sp³-hybridized carbons (Fsp3) is 0.143. The number of hydrogen-bond donors (Lipinski definition) is 2. The molecule has 0 aliphatic rings. The second-order valence-corrected chi connectivity index (χ2v) is 2.15. The number of nitrogens with zero attached hydrogens (tertiary/aromatic N) is 2. The van der Waals surface area contributed by atoms with E-state index in [-0.39, 0.29) is 5.82 Å². The van der Waals surface area contributed by atoms with Gasteiger partial charge in [0.2, 0.25) is 5.82 Å². The summed E-state index contributed by atoms with van der Waals surface area (Å²) in [6.45, 7) is -0.433. The summed E-state index contributed by atoms with van der Waals surface area (Å²) < 4.78 is 0. The fourth-order valence-corrected chi connectivity index (χ4v) is 0.651. The highest BCUT2D eigenvalue weighted by Gasteiger charge is 2.08. The van der Waals surface area contributed by atoms with Crippen molar-refractivity contribution in [1.82, 2.24) is 15.3 Å². The van der Waals surface area contributed by atoms with Crippen LogP contribution in [0, 0.1) is 0 Å². The summed E-state index contributed by atoms with van der Waals surface area (Å²) >= 11 is 0. The molecule has 2 N–H and O–H groups in total. The first-order valence-corrected chi connectivity index (χ1v) is 3.47. The third-order valence-corrected chi connectivity index (χ3v) is 1.17. The summed E-state index contributed by atoms with van der Waals surface area (Å²) in [6.07, 6.45) is 2.81. The van der Waals surface area contributed by atoms with E-state index in [1.54, 1.807) is 6.07 Å². The average Bonchev–Trinajstić information content (AvgIpc) is 2.15. The number of nitrogens with one attached hydrogen (secondary N) is 1. The van der Waals surface area contributed by atoms with Crippen LogP contribution >= 0.6 is 0 Å². The van der Waals surface area contributed by atoms with Gasteiger partial charge in [0, 0.05) is 12.4 Å². The van der Waals surface area contributed by atoms with E-state index in [1.807, 2.05) is 0 Å². The van der Waals surface area contributed by atoms with Gasteiger partial charge in [0.1, 0.15) is 6.54 Å². The molecule has 0 spiro atoms. The minimum absolute atomic E-state index is 0.0382. The molecule has 0 saturated heterocycles. The molecule has 68 valence electrons. The van der Waals surface area contributed by atoms with E-state index in [9.17, 15) is 9.59 Å². The molecular formula is C7H7N3O3. The van der Waals surface area contributed by atoms with E-state index in [0.717, 1.165) is 0 Å². The lowest BCUT2D eigenvalue weighted by Crippen LogP contribution is -2.30. The van der Waals surface area contributed by atoms with Crippen molar-refractivity contribution in [3.63, 3.8) is 0 Å². The first kappa shape index (κ1) is 9.11.